The van der Waals surface area contributed by atoms with Crippen molar-refractivity contribution < 1.29 is 4.79 Å². The van der Waals surface area contributed by atoms with Gasteiger partial charge in [-0.15, -0.1) is 0 Å². The molecule has 2 aromatic rings. The van der Waals surface area contributed by atoms with E-state index in [-0.39, 0.29) is 0 Å². The van der Waals surface area contributed by atoms with Crippen LogP contribution in [0.25, 0.3) is 10.9 Å². The summed E-state index contributed by atoms with van der Waals surface area (Å²) in [6.45, 7) is 0.398. The Labute approximate surface area is 69.6 Å². The first-order valence-corrected chi connectivity index (χ1v) is 3.74. The van der Waals surface area contributed by atoms with Gasteiger partial charge < -0.3 is 9.36 Å². The van der Waals surface area contributed by atoms with Crippen LogP contribution >= 0.6 is 0 Å². The molecule has 2 heterocycles. The van der Waals surface area contributed by atoms with E-state index < -0.39 is 0 Å². The minimum absolute atomic E-state index is 0.398. The molecule has 0 fully saturated rings. The van der Waals surface area contributed by atoms with Crippen LogP contribution in [-0.2, 0) is 11.3 Å². The molecule has 0 N–H and O–H groups in total. The van der Waals surface area contributed by atoms with Crippen LogP contribution in [0.4, 0.5) is 0 Å². The number of aldehydes is 1. The van der Waals surface area contributed by atoms with Crippen LogP contribution in [0.2, 0.25) is 0 Å². The molecule has 0 aliphatic heterocycles. The van der Waals surface area contributed by atoms with Crippen molar-refractivity contribution in [2.24, 2.45) is 0 Å². The van der Waals surface area contributed by atoms with Crippen molar-refractivity contribution in [3.05, 3.63) is 30.7 Å². The highest BCUT2D eigenvalue weighted by Gasteiger charge is 1.97. The monoisotopic (exact) mass is 160 g/mol. The van der Waals surface area contributed by atoms with Crippen molar-refractivity contribution in [1.29, 1.82) is 0 Å². The molecule has 0 saturated heterocycles. The molecule has 2 aromatic heterocycles. The first kappa shape index (κ1) is 7.03. The predicted molar refractivity (Wildman–Crippen MR) is 45.8 cm³/mol. The molecule has 0 atom stereocenters. The molecule has 0 spiro atoms. The molecule has 2 rings (SSSR count). The van der Waals surface area contributed by atoms with Gasteiger partial charge in [0.2, 0.25) is 0 Å². The molecule has 0 aliphatic rings. The summed E-state index contributed by atoms with van der Waals surface area (Å²) in [5.74, 6) is 0. The molecule has 60 valence electrons. The zero-order valence-corrected chi connectivity index (χ0v) is 6.47. The van der Waals surface area contributed by atoms with Gasteiger partial charge in [-0.2, -0.15) is 0 Å². The number of rotatable bonds is 2. The van der Waals surface area contributed by atoms with Gasteiger partial charge in [0, 0.05) is 17.8 Å². The number of hydrogen-bond donors (Lipinski definition) is 0. The van der Waals surface area contributed by atoms with Crippen LogP contribution < -0.4 is 0 Å². The summed E-state index contributed by atoms with van der Waals surface area (Å²) in [7, 11) is 0. The lowest BCUT2D eigenvalue weighted by Crippen LogP contribution is -1.95. The minimum Gasteiger partial charge on any atom is -0.339 e. The molecule has 3 nitrogen and oxygen atoms in total. The Morgan fingerprint density at radius 3 is 3.25 bits per heavy atom. The third-order valence-corrected chi connectivity index (χ3v) is 1.85. The average Bonchev–Trinajstić information content (AvgIpc) is 2.50. The minimum atomic E-state index is 0.398. The van der Waals surface area contributed by atoms with Crippen LogP contribution in [0, 0.1) is 0 Å². The van der Waals surface area contributed by atoms with E-state index in [4.69, 9.17) is 0 Å². The summed E-state index contributed by atoms with van der Waals surface area (Å²) in [4.78, 5) is 14.3. The van der Waals surface area contributed by atoms with E-state index in [9.17, 15) is 4.79 Å². The lowest BCUT2D eigenvalue weighted by atomic mass is 10.3. The zero-order chi connectivity index (χ0) is 8.39. The smallest absolute Gasteiger partial charge is 0.139 e. The Morgan fingerprint density at radius 1 is 1.50 bits per heavy atom. The van der Waals surface area contributed by atoms with Crippen molar-refractivity contribution in [3.8, 4) is 0 Å². The first-order valence-electron chi connectivity index (χ1n) is 3.74. The van der Waals surface area contributed by atoms with E-state index in [0.717, 1.165) is 17.2 Å². The number of hydrogen-bond acceptors (Lipinski definition) is 2. The lowest BCUT2D eigenvalue weighted by molar-refractivity contribution is -0.108. The van der Waals surface area contributed by atoms with Gasteiger partial charge >= 0.3 is 0 Å². The topological polar surface area (TPSA) is 34.9 Å². The maximum atomic E-state index is 10.3. The van der Waals surface area contributed by atoms with Crippen LogP contribution in [0.5, 0.6) is 0 Å². The highest BCUT2D eigenvalue weighted by atomic mass is 16.1. The number of aromatic nitrogens is 2. The fourth-order valence-electron chi connectivity index (χ4n) is 1.27. The Balaban J connectivity index is 2.62. The summed E-state index contributed by atoms with van der Waals surface area (Å²) in [6, 6.07) is 3.90. The maximum absolute atomic E-state index is 10.3. The van der Waals surface area contributed by atoms with Gasteiger partial charge in [-0.3, -0.25) is 4.98 Å². The molecular formula is C9H8N2O. The fourth-order valence-corrected chi connectivity index (χ4v) is 1.27. The maximum Gasteiger partial charge on any atom is 0.139 e. The largest absolute Gasteiger partial charge is 0.339 e. The van der Waals surface area contributed by atoms with Crippen LogP contribution in [0.1, 0.15) is 0 Å². The molecule has 0 unspecified atom stereocenters. The Hall–Kier alpha value is -1.64. The number of pyridine rings is 1. The van der Waals surface area contributed by atoms with Crippen molar-refractivity contribution >= 4 is 17.2 Å². The van der Waals surface area contributed by atoms with Gasteiger partial charge in [-0.25, -0.2) is 0 Å². The summed E-state index contributed by atoms with van der Waals surface area (Å²) >= 11 is 0. The predicted octanol–water partition coefficient (Wildman–Crippen LogP) is 1.24. The lowest BCUT2D eigenvalue weighted by Gasteiger charge is -1.96. The molecule has 0 radical (unpaired) electrons. The second kappa shape index (κ2) is 2.77. The van der Waals surface area contributed by atoms with Crippen LogP contribution in [0.3, 0.4) is 0 Å². The third-order valence-electron chi connectivity index (χ3n) is 1.85. The normalized spacial score (nSPS) is 10.3. The van der Waals surface area contributed by atoms with Crippen LogP contribution in [0.15, 0.2) is 30.7 Å². The fraction of sp³-hybridized carbons (Fsp3) is 0.111. The van der Waals surface area contributed by atoms with E-state index in [1.165, 1.54) is 0 Å². The summed E-state index contributed by atoms with van der Waals surface area (Å²) < 4.78 is 1.87. The number of carbonyl (C=O) groups is 1. The summed E-state index contributed by atoms with van der Waals surface area (Å²) in [5, 5.41) is 1.12. The Morgan fingerprint density at radius 2 is 2.42 bits per heavy atom. The molecule has 0 aromatic carbocycles. The average molecular weight is 160 g/mol. The molecule has 12 heavy (non-hydrogen) atoms. The summed E-state index contributed by atoms with van der Waals surface area (Å²) in [6.07, 6.45) is 6.28. The van der Waals surface area contributed by atoms with Gasteiger partial charge in [-0.05, 0) is 12.1 Å². The van der Waals surface area contributed by atoms with Crippen molar-refractivity contribution in [3.63, 3.8) is 0 Å². The van der Waals surface area contributed by atoms with Gasteiger partial charge in [0.05, 0.1) is 18.3 Å². The van der Waals surface area contributed by atoms with Crippen LogP contribution in [-0.4, -0.2) is 15.8 Å². The highest BCUT2D eigenvalue weighted by molar-refractivity contribution is 5.79. The van der Waals surface area contributed by atoms with E-state index in [0.29, 0.717) is 6.54 Å². The molecule has 3 heteroatoms. The standard InChI is InChI=1S/C9H8N2O/c12-6-5-11-4-2-8-1-3-10-7-9(8)11/h1-4,6-7H,5H2. The quantitative estimate of drug-likeness (QED) is 0.619. The SMILES string of the molecule is O=CCn1ccc2ccncc21. The number of carbonyl (C=O) groups excluding carboxylic acids is 1. The van der Waals surface area contributed by atoms with E-state index in [1.807, 2.05) is 22.9 Å². The van der Waals surface area contributed by atoms with Gasteiger partial charge in [-0.1, -0.05) is 0 Å². The second-order valence-electron chi connectivity index (χ2n) is 2.57. The third kappa shape index (κ3) is 0.993. The first-order chi connectivity index (χ1) is 5.92. The van der Waals surface area contributed by atoms with E-state index >= 15 is 0 Å². The Bertz CT molecular complexity index is 406. The van der Waals surface area contributed by atoms with Crippen molar-refractivity contribution in [2.75, 3.05) is 0 Å². The van der Waals surface area contributed by atoms with Gasteiger partial charge in [0.25, 0.3) is 0 Å². The summed E-state index contributed by atoms with van der Waals surface area (Å²) in [5.41, 5.74) is 1.00. The zero-order valence-electron chi connectivity index (χ0n) is 6.47. The van der Waals surface area contributed by atoms with E-state index in [2.05, 4.69) is 4.98 Å². The highest BCUT2D eigenvalue weighted by Crippen LogP contribution is 2.12. The molecular weight excluding hydrogens is 152 g/mol. The molecule has 0 amide bonds. The number of nitrogens with zero attached hydrogens (tertiary/aromatic N) is 2. The second-order valence-corrected chi connectivity index (χ2v) is 2.57. The molecule has 0 saturated carbocycles. The van der Waals surface area contributed by atoms with Crippen molar-refractivity contribution in [1.82, 2.24) is 9.55 Å². The molecule has 0 bridgehead atoms. The van der Waals surface area contributed by atoms with Crippen molar-refractivity contribution in [2.45, 2.75) is 6.54 Å². The van der Waals surface area contributed by atoms with Gasteiger partial charge in [0.1, 0.15) is 6.29 Å². The van der Waals surface area contributed by atoms with E-state index in [1.54, 1.807) is 12.4 Å². The number of fused-ring (bicyclic) bond motifs is 1. The van der Waals surface area contributed by atoms with Gasteiger partial charge in [0.15, 0.2) is 0 Å². The molecule has 0 aliphatic carbocycles. The Kier molecular flexibility index (Phi) is 1.63.